The van der Waals surface area contributed by atoms with Crippen molar-refractivity contribution in [3.63, 3.8) is 0 Å². The van der Waals surface area contributed by atoms with Crippen molar-refractivity contribution < 1.29 is 31.1 Å². The summed E-state index contributed by atoms with van der Waals surface area (Å²) in [5, 5.41) is 18.6. The first kappa shape index (κ1) is 21.0. The van der Waals surface area contributed by atoms with Gasteiger partial charge in [0.2, 0.25) is 10.0 Å². The first-order valence-electron chi connectivity index (χ1n) is 8.91. The number of nitrogens with zero attached hydrogens (tertiary/aromatic N) is 5. The molecule has 0 aliphatic carbocycles. The van der Waals surface area contributed by atoms with E-state index in [4.69, 9.17) is 0 Å². The lowest BCUT2D eigenvalue weighted by Crippen LogP contribution is -2.48. The van der Waals surface area contributed by atoms with Gasteiger partial charge in [0.1, 0.15) is 16.1 Å². The largest absolute Gasteiger partial charge is 0.416 e. The molecule has 0 spiro atoms. The molecule has 0 bridgehead atoms. The van der Waals surface area contributed by atoms with E-state index < -0.39 is 32.4 Å². The Balaban J connectivity index is 1.58. The highest BCUT2D eigenvalue weighted by molar-refractivity contribution is 7.89. The molecule has 10 nitrogen and oxygen atoms in total. The topological polar surface area (TPSA) is 123 Å². The Morgan fingerprint density at radius 3 is 2.42 bits per heavy atom. The Labute approximate surface area is 173 Å². The molecule has 0 amide bonds. The fourth-order valence-electron chi connectivity index (χ4n) is 3.41. The molecule has 2 aromatic carbocycles. The monoisotopic (exact) mass is 457 g/mol. The second-order valence-electron chi connectivity index (χ2n) is 6.74. The predicted octanol–water partition coefficient (Wildman–Crippen LogP) is 2.66. The molecular weight excluding hydrogens is 443 g/mol. The van der Waals surface area contributed by atoms with Crippen LogP contribution in [0, 0.1) is 10.1 Å². The van der Waals surface area contributed by atoms with Crippen molar-refractivity contribution in [1.82, 2.24) is 14.6 Å². The van der Waals surface area contributed by atoms with E-state index in [0.29, 0.717) is 6.07 Å². The first-order chi connectivity index (χ1) is 14.6. The Kier molecular flexibility index (Phi) is 5.05. The quantitative estimate of drug-likeness (QED) is 0.433. The summed E-state index contributed by atoms with van der Waals surface area (Å²) in [6.07, 6.45) is -4.72. The fraction of sp³-hybridized carbons (Fsp3) is 0.294. The Morgan fingerprint density at radius 1 is 1.06 bits per heavy atom. The molecule has 0 N–H and O–H groups in total. The number of fused-ring (bicyclic) bond motifs is 1. The second-order valence-corrected chi connectivity index (χ2v) is 8.64. The van der Waals surface area contributed by atoms with E-state index >= 15 is 0 Å². The zero-order chi connectivity index (χ0) is 22.4. The van der Waals surface area contributed by atoms with Crippen LogP contribution < -0.4 is 4.90 Å². The normalized spacial score (nSPS) is 16.0. The summed E-state index contributed by atoms with van der Waals surface area (Å²) in [5.74, 6) is 0. The van der Waals surface area contributed by atoms with Crippen molar-refractivity contribution in [2.75, 3.05) is 31.1 Å². The molecule has 3 aromatic rings. The summed E-state index contributed by atoms with van der Waals surface area (Å²) in [7, 11) is -3.96. The number of piperazine rings is 1. The van der Waals surface area contributed by atoms with Crippen molar-refractivity contribution in [3.05, 3.63) is 52.1 Å². The lowest BCUT2D eigenvalue weighted by Gasteiger charge is -2.35. The maximum atomic E-state index is 13.0. The van der Waals surface area contributed by atoms with E-state index in [9.17, 15) is 31.7 Å². The van der Waals surface area contributed by atoms with Gasteiger partial charge in [-0.1, -0.05) is 6.07 Å². The number of hydrogen-bond donors (Lipinski definition) is 0. The van der Waals surface area contributed by atoms with E-state index in [0.717, 1.165) is 12.1 Å². The third kappa shape index (κ3) is 3.79. The van der Waals surface area contributed by atoms with Crippen molar-refractivity contribution in [2.45, 2.75) is 11.1 Å². The molecule has 1 aliphatic heterocycles. The highest BCUT2D eigenvalue weighted by Gasteiger charge is 2.36. The zero-order valence-corrected chi connectivity index (χ0v) is 16.4. The number of sulfonamides is 1. The van der Waals surface area contributed by atoms with Gasteiger partial charge in [0.25, 0.3) is 5.69 Å². The van der Waals surface area contributed by atoms with Gasteiger partial charge in [-0.15, -0.1) is 0 Å². The molecule has 0 atom stereocenters. The van der Waals surface area contributed by atoms with Gasteiger partial charge in [0.05, 0.1) is 10.5 Å². The second kappa shape index (κ2) is 7.46. The summed E-state index contributed by atoms with van der Waals surface area (Å²) in [5.41, 5.74) is -1.45. The predicted molar refractivity (Wildman–Crippen MR) is 101 cm³/mol. The maximum Gasteiger partial charge on any atom is 0.416 e. The molecular formula is C17H14F3N5O5S. The highest BCUT2D eigenvalue weighted by Crippen LogP contribution is 2.37. The van der Waals surface area contributed by atoms with Gasteiger partial charge >= 0.3 is 6.18 Å². The minimum atomic E-state index is -4.72. The summed E-state index contributed by atoms with van der Waals surface area (Å²) in [4.78, 5) is 11.9. The van der Waals surface area contributed by atoms with Gasteiger partial charge in [-0.05, 0) is 34.6 Å². The average molecular weight is 457 g/mol. The van der Waals surface area contributed by atoms with Crippen LogP contribution in [-0.2, 0) is 16.2 Å². The molecule has 1 fully saturated rings. The van der Waals surface area contributed by atoms with E-state index in [1.54, 1.807) is 6.07 Å². The molecule has 4 rings (SSSR count). The maximum absolute atomic E-state index is 13.0. The number of alkyl halides is 3. The van der Waals surface area contributed by atoms with E-state index in [2.05, 4.69) is 14.9 Å². The molecule has 0 saturated carbocycles. The van der Waals surface area contributed by atoms with Crippen molar-refractivity contribution in [1.29, 1.82) is 0 Å². The van der Waals surface area contributed by atoms with Crippen LogP contribution in [0.5, 0.6) is 0 Å². The number of benzene rings is 2. The van der Waals surface area contributed by atoms with E-state index in [1.807, 2.05) is 0 Å². The summed E-state index contributed by atoms with van der Waals surface area (Å²) in [6, 6.07) is 6.70. The zero-order valence-electron chi connectivity index (χ0n) is 15.6. The van der Waals surface area contributed by atoms with Crippen LogP contribution in [0.15, 0.2) is 45.9 Å². The van der Waals surface area contributed by atoms with Gasteiger partial charge in [-0.25, -0.2) is 13.0 Å². The molecule has 1 aliphatic rings. The number of anilines is 1. The highest BCUT2D eigenvalue weighted by atomic mass is 32.2. The Hall–Kier alpha value is -3.26. The number of aromatic nitrogens is 2. The van der Waals surface area contributed by atoms with Crippen LogP contribution in [-0.4, -0.2) is 54.1 Å². The number of nitro benzene ring substituents is 1. The molecule has 1 saturated heterocycles. The number of halogens is 3. The van der Waals surface area contributed by atoms with Crippen molar-refractivity contribution in [3.8, 4) is 0 Å². The number of hydrogen-bond acceptors (Lipinski definition) is 8. The minimum Gasteiger partial charge on any atom is -0.363 e. The molecule has 2 heterocycles. The third-order valence-corrected chi connectivity index (χ3v) is 6.88. The van der Waals surface area contributed by atoms with Gasteiger partial charge in [0, 0.05) is 32.2 Å². The SMILES string of the molecule is O=[N+]([O-])c1cc(C(F)(F)F)ccc1N1CCN(S(=O)(=O)c2cccc3nonc23)CC1. The first-order valence-corrected chi connectivity index (χ1v) is 10.3. The molecule has 0 radical (unpaired) electrons. The molecule has 31 heavy (non-hydrogen) atoms. The smallest absolute Gasteiger partial charge is 0.363 e. The third-order valence-electron chi connectivity index (χ3n) is 4.95. The Morgan fingerprint density at radius 2 is 1.77 bits per heavy atom. The standard InChI is InChI=1S/C17H14F3N5O5S/c18-17(19,20)11-4-5-13(14(10-11)25(26)27)23-6-8-24(9-7-23)31(28,29)15-3-1-2-12-16(15)22-30-21-12/h1-5,10H,6-9H2. The Bertz CT molecular complexity index is 1250. The lowest BCUT2D eigenvalue weighted by atomic mass is 10.1. The van der Waals surface area contributed by atoms with E-state index in [1.165, 1.54) is 21.3 Å². The van der Waals surface area contributed by atoms with Crippen LogP contribution in [0.3, 0.4) is 0 Å². The average Bonchev–Trinajstić information content (AvgIpc) is 3.21. The van der Waals surface area contributed by atoms with Crippen LogP contribution in [0.2, 0.25) is 0 Å². The van der Waals surface area contributed by atoms with Crippen molar-refractivity contribution >= 4 is 32.4 Å². The fourth-order valence-corrected chi connectivity index (χ4v) is 4.97. The van der Waals surface area contributed by atoms with Crippen LogP contribution in [0.1, 0.15) is 5.56 Å². The van der Waals surface area contributed by atoms with Gasteiger partial charge in [-0.2, -0.15) is 17.5 Å². The summed E-state index contributed by atoms with van der Waals surface area (Å²) in [6.45, 7) is 0.0569. The lowest BCUT2D eigenvalue weighted by molar-refractivity contribution is -0.384. The molecule has 14 heteroatoms. The van der Waals surface area contributed by atoms with Crippen LogP contribution in [0.25, 0.3) is 11.0 Å². The number of rotatable bonds is 4. The number of nitro groups is 1. The molecule has 1 aromatic heterocycles. The van der Waals surface area contributed by atoms with Crippen LogP contribution in [0.4, 0.5) is 24.5 Å². The molecule has 0 unspecified atom stereocenters. The van der Waals surface area contributed by atoms with Crippen LogP contribution >= 0.6 is 0 Å². The summed E-state index contributed by atoms with van der Waals surface area (Å²) >= 11 is 0. The van der Waals surface area contributed by atoms with Gasteiger partial charge in [0.15, 0.2) is 5.52 Å². The van der Waals surface area contributed by atoms with Crippen molar-refractivity contribution in [2.24, 2.45) is 0 Å². The summed E-state index contributed by atoms with van der Waals surface area (Å²) < 4.78 is 70.6. The van der Waals surface area contributed by atoms with Gasteiger partial charge < -0.3 is 4.90 Å². The van der Waals surface area contributed by atoms with Gasteiger partial charge in [-0.3, -0.25) is 10.1 Å². The van der Waals surface area contributed by atoms with E-state index in [-0.39, 0.29) is 47.8 Å². The molecule has 164 valence electrons. The minimum absolute atomic E-state index is 0.00199.